The third-order valence-corrected chi connectivity index (χ3v) is 6.17. The fourth-order valence-electron chi connectivity index (χ4n) is 4.95. The normalized spacial score (nSPS) is 17.0. The lowest BCUT2D eigenvalue weighted by Crippen LogP contribution is -2.31. The van der Waals surface area contributed by atoms with Crippen LogP contribution in [0.15, 0.2) is 60.7 Å². The average molecular weight is 384 g/mol. The monoisotopic (exact) mass is 384 g/mol. The molecule has 29 heavy (non-hydrogen) atoms. The molecule has 1 unspecified atom stereocenters. The van der Waals surface area contributed by atoms with E-state index in [1.165, 1.54) is 43.6 Å². The summed E-state index contributed by atoms with van der Waals surface area (Å²) in [4.78, 5) is 0. The van der Waals surface area contributed by atoms with Crippen molar-refractivity contribution in [3.8, 4) is 0 Å². The van der Waals surface area contributed by atoms with Crippen molar-refractivity contribution >= 4 is 33.3 Å². The maximum atomic E-state index is 9.42. The number of aliphatic hydroxyl groups excluding tert-OH is 2. The summed E-state index contributed by atoms with van der Waals surface area (Å²) in [5.41, 5.74) is 3.91. The lowest BCUT2D eigenvalue weighted by atomic mass is 9.78. The molecule has 0 amide bonds. The summed E-state index contributed by atoms with van der Waals surface area (Å²) >= 11 is 0. The molecule has 2 aliphatic carbocycles. The molecule has 2 N–H and O–H groups in total. The van der Waals surface area contributed by atoms with Crippen molar-refractivity contribution < 1.29 is 14.8 Å². The summed E-state index contributed by atoms with van der Waals surface area (Å²) in [7, 11) is 0. The van der Waals surface area contributed by atoms with Crippen molar-refractivity contribution in [3.05, 3.63) is 77.0 Å². The molecule has 0 aliphatic heterocycles. The van der Waals surface area contributed by atoms with Gasteiger partial charge >= 0.3 is 0 Å². The predicted molar refractivity (Wildman–Crippen MR) is 120 cm³/mol. The van der Waals surface area contributed by atoms with Crippen LogP contribution in [0, 0.1) is 0 Å². The van der Waals surface area contributed by atoms with Crippen LogP contribution in [0.5, 0.6) is 0 Å². The molecule has 3 heteroatoms. The summed E-state index contributed by atoms with van der Waals surface area (Å²) in [5.74, 6) is 0.287. The van der Waals surface area contributed by atoms with Crippen LogP contribution in [-0.2, 0) is 0 Å². The highest BCUT2D eigenvalue weighted by atomic mass is 16.3. The second-order valence-electron chi connectivity index (χ2n) is 7.87. The van der Waals surface area contributed by atoms with E-state index in [1.807, 2.05) is 0 Å². The van der Waals surface area contributed by atoms with E-state index in [4.69, 9.17) is 0 Å². The number of benzene rings is 3. The number of aliphatic hydroxyl groups is 2. The minimum atomic E-state index is 0.174. The van der Waals surface area contributed by atoms with Gasteiger partial charge in [-0.1, -0.05) is 60.7 Å². The zero-order chi connectivity index (χ0) is 19.8. The molecule has 0 radical (unpaired) electrons. The highest BCUT2D eigenvalue weighted by Gasteiger charge is 2.30. The predicted octanol–water partition coefficient (Wildman–Crippen LogP) is 3.28. The first-order valence-electron chi connectivity index (χ1n) is 10.5. The fourth-order valence-corrected chi connectivity index (χ4v) is 4.95. The first kappa shape index (κ1) is 18.3. The van der Waals surface area contributed by atoms with E-state index < -0.39 is 0 Å². The summed E-state index contributed by atoms with van der Waals surface area (Å²) in [6.07, 6.45) is 12.7. The van der Waals surface area contributed by atoms with Crippen LogP contribution >= 0.6 is 0 Å². The van der Waals surface area contributed by atoms with Gasteiger partial charge in [0.05, 0.1) is 5.56 Å². The molecule has 2 aliphatic rings. The number of hydrogen-bond acceptors (Lipinski definition) is 2. The number of nitrogens with zero attached hydrogens (tertiary/aromatic N) is 1. The van der Waals surface area contributed by atoms with Crippen LogP contribution in [0.1, 0.15) is 29.9 Å². The largest absolute Gasteiger partial charge is 0.396 e. The molecule has 3 aromatic rings. The first-order valence-corrected chi connectivity index (χ1v) is 10.5. The van der Waals surface area contributed by atoms with Crippen LogP contribution in [0.4, 0.5) is 0 Å². The average Bonchev–Trinajstić information content (AvgIpc) is 2.77. The standard InChI is InChI=1S/C26H26NO2/c28-16-4-14-27(15-5-17-29)23-13-12-19-8-2-10-21-20-9-1-6-18-7-3-11-22(24(18)20)26(23)25(19)21/h1-3,6-13,19,28-29H,4-5,14-17H2/q+1. The Kier molecular flexibility index (Phi) is 4.78. The number of hydrogen-bond donors (Lipinski definition) is 2. The molecule has 0 heterocycles. The van der Waals surface area contributed by atoms with Crippen LogP contribution in [0.3, 0.4) is 0 Å². The van der Waals surface area contributed by atoms with Gasteiger partial charge in [0.1, 0.15) is 13.1 Å². The van der Waals surface area contributed by atoms with E-state index in [-0.39, 0.29) is 19.1 Å². The third kappa shape index (κ3) is 2.93. The second kappa shape index (κ2) is 7.58. The van der Waals surface area contributed by atoms with E-state index in [1.54, 1.807) is 0 Å². The molecule has 146 valence electrons. The van der Waals surface area contributed by atoms with Gasteiger partial charge in [0.2, 0.25) is 5.71 Å². The highest BCUT2D eigenvalue weighted by molar-refractivity contribution is 6.23. The molecular formula is C26H26NO2+. The fraction of sp³-hybridized carbons (Fsp3) is 0.269. The Morgan fingerprint density at radius 3 is 2.31 bits per heavy atom. The minimum Gasteiger partial charge on any atom is -0.396 e. The number of rotatable bonds is 6. The van der Waals surface area contributed by atoms with Gasteiger partial charge in [-0.15, -0.1) is 0 Å². The van der Waals surface area contributed by atoms with Crippen molar-refractivity contribution in [3.63, 3.8) is 0 Å². The van der Waals surface area contributed by atoms with E-state index in [0.717, 1.165) is 25.9 Å². The summed E-state index contributed by atoms with van der Waals surface area (Å²) in [6.45, 7) is 1.91. The minimum absolute atomic E-state index is 0.174. The molecule has 0 aromatic heterocycles. The third-order valence-electron chi connectivity index (χ3n) is 6.17. The molecule has 1 atom stereocenters. The SMILES string of the molecule is OCCC[N+](CCCO)=C1C=CC2C=CC=c3c2c1c1cccc2cccc3c21. The van der Waals surface area contributed by atoms with Gasteiger partial charge in [-0.05, 0) is 32.3 Å². The van der Waals surface area contributed by atoms with Gasteiger partial charge in [0.15, 0.2) is 0 Å². The maximum Gasteiger partial charge on any atom is 0.207 e. The molecule has 0 fully saturated rings. The van der Waals surface area contributed by atoms with Gasteiger partial charge in [-0.3, -0.25) is 0 Å². The van der Waals surface area contributed by atoms with E-state index in [9.17, 15) is 10.2 Å². The Hall–Kier alpha value is -2.75. The van der Waals surface area contributed by atoms with Crippen LogP contribution in [0.25, 0.3) is 27.6 Å². The van der Waals surface area contributed by atoms with Gasteiger partial charge in [-0.2, -0.15) is 0 Å². The van der Waals surface area contributed by atoms with E-state index >= 15 is 0 Å². The molecule has 3 nitrogen and oxygen atoms in total. The van der Waals surface area contributed by atoms with Crippen molar-refractivity contribution in [1.29, 1.82) is 0 Å². The van der Waals surface area contributed by atoms with Gasteiger partial charge in [0.25, 0.3) is 0 Å². The topological polar surface area (TPSA) is 43.5 Å². The smallest absolute Gasteiger partial charge is 0.207 e. The molecule has 0 saturated carbocycles. The summed E-state index contributed by atoms with van der Waals surface area (Å²) < 4.78 is 2.34. The van der Waals surface area contributed by atoms with Gasteiger partial charge in [0, 0.05) is 38.0 Å². The summed E-state index contributed by atoms with van der Waals surface area (Å²) in [6, 6.07) is 13.2. The van der Waals surface area contributed by atoms with E-state index in [2.05, 4.69) is 71.4 Å². The zero-order valence-corrected chi connectivity index (χ0v) is 16.5. The van der Waals surface area contributed by atoms with Crippen molar-refractivity contribution in [2.75, 3.05) is 26.3 Å². The Labute approximate surface area is 170 Å². The van der Waals surface area contributed by atoms with Crippen LogP contribution in [0.2, 0.25) is 0 Å². The van der Waals surface area contributed by atoms with Crippen molar-refractivity contribution in [1.82, 2.24) is 0 Å². The molecular weight excluding hydrogens is 358 g/mol. The number of fused-ring (bicyclic) bond motifs is 2. The summed E-state index contributed by atoms with van der Waals surface area (Å²) in [5, 5.41) is 25.4. The molecule has 0 bridgehead atoms. The molecule has 5 rings (SSSR count). The lowest BCUT2D eigenvalue weighted by molar-refractivity contribution is -0.528. The lowest BCUT2D eigenvalue weighted by Gasteiger charge is -2.25. The molecule has 3 aromatic carbocycles. The zero-order valence-electron chi connectivity index (χ0n) is 16.5. The van der Waals surface area contributed by atoms with Crippen LogP contribution in [-0.4, -0.2) is 46.8 Å². The van der Waals surface area contributed by atoms with E-state index in [0.29, 0.717) is 0 Å². The highest BCUT2D eigenvalue weighted by Crippen LogP contribution is 2.36. The molecule has 0 spiro atoms. The van der Waals surface area contributed by atoms with Crippen molar-refractivity contribution in [2.45, 2.75) is 18.8 Å². The maximum absolute atomic E-state index is 9.42. The quantitative estimate of drug-likeness (QED) is 0.641. The van der Waals surface area contributed by atoms with Crippen molar-refractivity contribution in [2.24, 2.45) is 0 Å². The Balaban J connectivity index is 1.89. The van der Waals surface area contributed by atoms with Crippen LogP contribution < -0.4 is 5.22 Å². The Morgan fingerprint density at radius 2 is 1.59 bits per heavy atom. The molecule has 0 saturated heterocycles. The second-order valence-corrected chi connectivity index (χ2v) is 7.87. The first-order chi connectivity index (χ1) is 14.3. The Bertz CT molecular complexity index is 1220. The number of allylic oxidation sites excluding steroid dienone is 4. The van der Waals surface area contributed by atoms with Gasteiger partial charge < -0.3 is 10.2 Å². The Morgan fingerprint density at radius 1 is 0.862 bits per heavy atom. The van der Waals surface area contributed by atoms with Gasteiger partial charge in [-0.25, -0.2) is 4.58 Å².